The molecule has 0 fully saturated rings. The summed E-state index contributed by atoms with van der Waals surface area (Å²) in [5.41, 5.74) is 1.45. The number of azo groups is 1. The van der Waals surface area contributed by atoms with Gasteiger partial charge in [-0.2, -0.15) is 13.5 Å². The van der Waals surface area contributed by atoms with E-state index >= 15 is 0 Å². The van der Waals surface area contributed by atoms with Crippen molar-refractivity contribution in [3.63, 3.8) is 0 Å². The van der Waals surface area contributed by atoms with Gasteiger partial charge in [-0.25, -0.2) is 4.79 Å². The smallest absolute Gasteiger partial charge is 0.407 e. The van der Waals surface area contributed by atoms with Crippen LogP contribution in [0.5, 0.6) is 0 Å². The van der Waals surface area contributed by atoms with Gasteiger partial charge >= 0.3 is 16.5 Å². The Hall–Kier alpha value is -2.90. The average Bonchev–Trinajstić information content (AvgIpc) is 3.08. The van der Waals surface area contributed by atoms with E-state index in [1.165, 1.54) is 0 Å². The zero-order valence-corrected chi connectivity index (χ0v) is 21.6. The average molecular weight is 501 g/mol. The molecule has 34 heavy (non-hydrogen) atoms. The molecule has 192 valence electrons. The quantitative estimate of drug-likeness (QED) is 0.313. The Morgan fingerprint density at radius 1 is 1.21 bits per heavy atom. The van der Waals surface area contributed by atoms with Crippen molar-refractivity contribution in [2.75, 3.05) is 46.2 Å². The maximum absolute atomic E-state index is 11.7. The lowest BCUT2D eigenvalue weighted by Gasteiger charge is -2.26. The van der Waals surface area contributed by atoms with Gasteiger partial charge in [-0.3, -0.25) is 8.74 Å². The standard InChI is InChI=1S/C20H32N6O2.CH4O4S/c1-20(2,3)28-19(27)21-12-7-13-26-15-14-25(6)18(26)23-22-16-8-10-17(11-9-16)24(4)5;1-5-6(2,3)4/h8-11,14-15,18H,7,12-13H2,1-6H3,(H,21,27);1H3,(H,2,3,4)/b23-22+;. The van der Waals surface area contributed by atoms with Crippen LogP contribution in [0.15, 0.2) is 46.9 Å². The lowest BCUT2D eigenvalue weighted by atomic mass is 10.2. The highest BCUT2D eigenvalue weighted by Gasteiger charge is 2.23. The van der Waals surface area contributed by atoms with E-state index in [4.69, 9.17) is 9.29 Å². The molecule has 1 aliphatic rings. The first-order valence-corrected chi connectivity index (χ1v) is 11.9. The number of nitrogens with zero attached hydrogens (tertiary/aromatic N) is 5. The number of hydrogen-bond donors (Lipinski definition) is 2. The van der Waals surface area contributed by atoms with Crippen LogP contribution in [0.3, 0.4) is 0 Å². The van der Waals surface area contributed by atoms with Crippen LogP contribution in [0.4, 0.5) is 16.2 Å². The predicted molar refractivity (Wildman–Crippen MR) is 130 cm³/mol. The number of alkyl carbamates (subject to hydrolysis) is 1. The zero-order chi connectivity index (χ0) is 25.9. The molecule has 13 heteroatoms. The molecule has 1 heterocycles. The van der Waals surface area contributed by atoms with Gasteiger partial charge in [0.25, 0.3) is 0 Å². The Labute approximate surface area is 202 Å². The lowest BCUT2D eigenvalue weighted by molar-refractivity contribution is 0.0525. The molecule has 0 aliphatic carbocycles. The van der Waals surface area contributed by atoms with E-state index in [2.05, 4.69) is 24.6 Å². The molecule has 0 spiro atoms. The molecule has 0 aromatic heterocycles. The van der Waals surface area contributed by atoms with Gasteiger partial charge in [-0.05, 0) is 51.5 Å². The summed E-state index contributed by atoms with van der Waals surface area (Å²) in [7, 11) is 2.69. The number of hydrogen-bond acceptors (Lipinski definition) is 10. The summed E-state index contributed by atoms with van der Waals surface area (Å²) >= 11 is 0. The normalized spacial score (nSPS) is 15.8. The van der Waals surface area contributed by atoms with E-state index in [1.54, 1.807) is 0 Å². The van der Waals surface area contributed by atoms with Crippen molar-refractivity contribution in [1.82, 2.24) is 15.1 Å². The fraction of sp³-hybridized carbons (Fsp3) is 0.571. The molecule has 2 rings (SSSR count). The van der Waals surface area contributed by atoms with Crippen LogP contribution in [0.25, 0.3) is 0 Å². The van der Waals surface area contributed by atoms with Gasteiger partial charge in [-0.1, -0.05) is 0 Å². The second-order valence-electron chi connectivity index (χ2n) is 8.55. The maximum atomic E-state index is 11.7. The minimum Gasteiger partial charge on any atom is -0.444 e. The summed E-state index contributed by atoms with van der Waals surface area (Å²) in [4.78, 5) is 17.8. The summed E-state index contributed by atoms with van der Waals surface area (Å²) in [5.74, 6) is 0. The Morgan fingerprint density at radius 3 is 2.29 bits per heavy atom. The molecular weight excluding hydrogens is 464 g/mol. The van der Waals surface area contributed by atoms with Crippen LogP contribution in [-0.2, 0) is 19.3 Å². The van der Waals surface area contributed by atoms with E-state index in [0.29, 0.717) is 6.54 Å². The molecule has 0 saturated carbocycles. The van der Waals surface area contributed by atoms with Crippen molar-refractivity contribution < 1.29 is 26.7 Å². The van der Waals surface area contributed by atoms with Crippen LogP contribution in [0.2, 0.25) is 0 Å². The number of nitrogens with one attached hydrogen (secondary N) is 1. The first-order chi connectivity index (χ1) is 15.7. The molecule has 1 unspecified atom stereocenters. The Bertz CT molecular complexity index is 928. The fourth-order valence-corrected chi connectivity index (χ4v) is 2.62. The van der Waals surface area contributed by atoms with Crippen molar-refractivity contribution in [3.05, 3.63) is 36.7 Å². The molecule has 1 aromatic carbocycles. The Morgan fingerprint density at radius 2 is 1.79 bits per heavy atom. The van der Waals surface area contributed by atoms with Gasteiger partial charge in [0.2, 0.25) is 6.29 Å². The van der Waals surface area contributed by atoms with Crippen molar-refractivity contribution in [2.45, 2.75) is 39.1 Å². The summed E-state index contributed by atoms with van der Waals surface area (Å²) < 4.78 is 34.9. The first-order valence-electron chi connectivity index (χ1n) is 10.6. The van der Waals surface area contributed by atoms with Gasteiger partial charge in [-0.15, -0.1) is 5.11 Å². The highest BCUT2D eigenvalue weighted by molar-refractivity contribution is 7.80. The Balaban J connectivity index is 0.000000852. The van der Waals surface area contributed by atoms with E-state index in [9.17, 15) is 13.2 Å². The number of anilines is 1. The van der Waals surface area contributed by atoms with Gasteiger partial charge in [0, 0.05) is 52.3 Å². The number of carbonyl (C=O) groups excluding carboxylic acids is 1. The minimum atomic E-state index is -4.16. The second-order valence-corrected chi connectivity index (χ2v) is 9.74. The molecule has 1 atom stereocenters. The van der Waals surface area contributed by atoms with Gasteiger partial charge in [0.1, 0.15) is 5.60 Å². The van der Waals surface area contributed by atoms with Crippen LogP contribution in [0, 0.1) is 0 Å². The minimum absolute atomic E-state index is 0.185. The fourth-order valence-electron chi connectivity index (χ4n) is 2.62. The third-order valence-corrected chi connectivity index (χ3v) is 4.69. The third kappa shape index (κ3) is 11.8. The number of carbonyl (C=O) groups is 1. The van der Waals surface area contributed by atoms with Crippen molar-refractivity contribution >= 4 is 27.9 Å². The van der Waals surface area contributed by atoms with Crippen LogP contribution in [0.1, 0.15) is 27.2 Å². The second kappa shape index (κ2) is 13.1. The van der Waals surface area contributed by atoms with Gasteiger partial charge in [0.15, 0.2) is 0 Å². The SMILES string of the molecule is CN(C)c1ccc(/N=N/C2N(C)C=CN2CCCNC(=O)OC(C)(C)C)cc1.COS(=O)(=O)O. The molecule has 12 nitrogen and oxygen atoms in total. The number of benzene rings is 1. The first kappa shape index (κ1) is 29.1. The number of ether oxygens (including phenoxy) is 1. The van der Waals surface area contributed by atoms with Crippen molar-refractivity contribution in [2.24, 2.45) is 10.2 Å². The number of amides is 1. The summed E-state index contributed by atoms with van der Waals surface area (Å²) in [6, 6.07) is 7.95. The topological polar surface area (TPSA) is 136 Å². The molecule has 0 bridgehead atoms. The van der Waals surface area contributed by atoms with Gasteiger partial charge in [0.05, 0.1) is 12.8 Å². The van der Waals surface area contributed by atoms with E-state index in [0.717, 1.165) is 31.5 Å². The Kier molecular flexibility index (Phi) is 11.2. The lowest BCUT2D eigenvalue weighted by Crippen LogP contribution is -2.37. The van der Waals surface area contributed by atoms with Crippen LogP contribution in [-0.4, -0.2) is 82.1 Å². The van der Waals surface area contributed by atoms with Crippen LogP contribution < -0.4 is 10.2 Å². The van der Waals surface area contributed by atoms with E-state index in [-0.39, 0.29) is 12.4 Å². The number of rotatable bonds is 8. The highest BCUT2D eigenvalue weighted by atomic mass is 32.3. The monoisotopic (exact) mass is 500 g/mol. The van der Waals surface area contributed by atoms with Crippen LogP contribution >= 0.6 is 0 Å². The molecular formula is C21H36N6O6S. The zero-order valence-electron chi connectivity index (χ0n) is 20.8. The summed E-state index contributed by atoms with van der Waals surface area (Å²) in [5, 5.41) is 11.6. The largest absolute Gasteiger partial charge is 0.444 e. The molecule has 2 N–H and O–H groups in total. The van der Waals surface area contributed by atoms with E-state index < -0.39 is 16.0 Å². The molecule has 1 aromatic rings. The molecule has 1 amide bonds. The molecule has 0 radical (unpaired) electrons. The summed E-state index contributed by atoms with van der Waals surface area (Å²) in [6.07, 6.45) is 4.17. The maximum Gasteiger partial charge on any atom is 0.407 e. The van der Waals surface area contributed by atoms with E-state index in [1.807, 2.05) is 88.4 Å². The summed E-state index contributed by atoms with van der Waals surface area (Å²) in [6.45, 7) is 6.84. The van der Waals surface area contributed by atoms with Gasteiger partial charge < -0.3 is 24.8 Å². The third-order valence-electron chi connectivity index (χ3n) is 4.27. The van der Waals surface area contributed by atoms with Crippen molar-refractivity contribution in [1.29, 1.82) is 0 Å². The van der Waals surface area contributed by atoms with Crippen molar-refractivity contribution in [3.8, 4) is 0 Å². The molecule has 1 aliphatic heterocycles. The predicted octanol–water partition coefficient (Wildman–Crippen LogP) is 3.19. The highest BCUT2D eigenvalue weighted by Crippen LogP contribution is 2.21. The molecule has 0 saturated heterocycles.